The number of rotatable bonds is 5. The molecule has 1 heterocycles. The zero-order valence-corrected chi connectivity index (χ0v) is 10.1. The van der Waals surface area contributed by atoms with Gasteiger partial charge in [-0.15, -0.1) is 0 Å². The van der Waals surface area contributed by atoms with E-state index in [2.05, 4.69) is 5.32 Å². The molecule has 1 fully saturated rings. The molecule has 1 atom stereocenters. The lowest BCUT2D eigenvalue weighted by atomic mass is 10.1. The summed E-state index contributed by atoms with van der Waals surface area (Å²) in [6.07, 6.45) is 0. The summed E-state index contributed by atoms with van der Waals surface area (Å²) in [4.78, 5) is 12.8. The number of carbonyl (C=O) groups excluding carboxylic acids is 1. The second-order valence-corrected chi connectivity index (χ2v) is 6.07. The molecule has 0 spiro atoms. The van der Waals surface area contributed by atoms with Crippen molar-refractivity contribution in [3.63, 3.8) is 0 Å². The van der Waals surface area contributed by atoms with Crippen LogP contribution in [0.1, 0.15) is 13.8 Å². The fourth-order valence-corrected chi connectivity index (χ4v) is 2.82. The number of hydrogen-bond donors (Lipinski definition) is 2. The van der Waals surface area contributed by atoms with Crippen LogP contribution in [-0.4, -0.2) is 51.8 Å². The molecular formula is C9H19N3O2S. The Kier molecular flexibility index (Phi) is 4.10. The van der Waals surface area contributed by atoms with Crippen molar-refractivity contribution >= 4 is 16.8 Å². The van der Waals surface area contributed by atoms with Gasteiger partial charge in [0.05, 0.1) is 0 Å². The van der Waals surface area contributed by atoms with Crippen LogP contribution in [-0.2, 0) is 10.8 Å². The number of nitrogens with two attached hydrogens (primary N) is 1. The molecule has 0 saturated carbocycles. The molecule has 0 aliphatic carbocycles. The third-order valence-electron chi connectivity index (χ3n) is 2.07. The molecule has 0 radical (unpaired) electrons. The molecule has 5 nitrogen and oxygen atoms in total. The lowest BCUT2D eigenvalue weighted by Gasteiger charge is -2.19. The largest absolute Gasteiger partial charge is 0.336 e. The van der Waals surface area contributed by atoms with E-state index in [1.807, 2.05) is 13.8 Å². The number of nitrogens with zero attached hydrogens (tertiary/aromatic N) is 1. The zero-order chi connectivity index (χ0) is 11.5. The zero-order valence-electron chi connectivity index (χ0n) is 9.28. The topological polar surface area (TPSA) is 75.4 Å². The van der Waals surface area contributed by atoms with Crippen LogP contribution < -0.4 is 11.1 Å². The van der Waals surface area contributed by atoms with Crippen LogP contribution in [0.4, 0.5) is 4.79 Å². The number of amides is 2. The molecule has 15 heavy (non-hydrogen) atoms. The van der Waals surface area contributed by atoms with E-state index in [4.69, 9.17) is 5.73 Å². The van der Waals surface area contributed by atoms with Crippen molar-refractivity contribution in [1.29, 1.82) is 0 Å². The van der Waals surface area contributed by atoms with E-state index in [1.54, 1.807) is 4.90 Å². The molecule has 1 aliphatic rings. The van der Waals surface area contributed by atoms with E-state index in [0.717, 1.165) is 0 Å². The van der Waals surface area contributed by atoms with Crippen LogP contribution in [0.25, 0.3) is 0 Å². The number of nitrogens with one attached hydrogen (secondary N) is 1. The van der Waals surface area contributed by atoms with Gasteiger partial charge < -0.3 is 16.0 Å². The molecule has 1 rings (SSSR count). The van der Waals surface area contributed by atoms with Gasteiger partial charge in [0.25, 0.3) is 0 Å². The van der Waals surface area contributed by atoms with Gasteiger partial charge in [-0.2, -0.15) is 0 Å². The van der Waals surface area contributed by atoms with E-state index in [9.17, 15) is 9.00 Å². The highest BCUT2D eigenvalue weighted by Crippen LogP contribution is 2.02. The van der Waals surface area contributed by atoms with Crippen LogP contribution in [0.15, 0.2) is 0 Å². The summed E-state index contributed by atoms with van der Waals surface area (Å²) in [7, 11) is -0.947. The van der Waals surface area contributed by atoms with Crippen LogP contribution >= 0.6 is 0 Å². The fourth-order valence-electron chi connectivity index (χ4n) is 1.42. The van der Waals surface area contributed by atoms with Crippen molar-refractivity contribution in [3.05, 3.63) is 0 Å². The van der Waals surface area contributed by atoms with E-state index in [1.165, 1.54) is 0 Å². The van der Waals surface area contributed by atoms with Crippen molar-refractivity contribution in [2.24, 2.45) is 5.73 Å². The molecule has 2 amide bonds. The van der Waals surface area contributed by atoms with Gasteiger partial charge in [0.1, 0.15) is 0 Å². The summed E-state index contributed by atoms with van der Waals surface area (Å²) in [5.74, 6) is 0.983. The summed E-state index contributed by atoms with van der Waals surface area (Å²) in [6.45, 7) is 5.66. The number of urea groups is 1. The summed E-state index contributed by atoms with van der Waals surface area (Å²) in [6, 6.07) is -0.0565. The first kappa shape index (κ1) is 12.4. The molecule has 3 N–H and O–H groups in total. The Morgan fingerprint density at radius 2 is 2.27 bits per heavy atom. The molecule has 1 aliphatic heterocycles. The molecule has 0 aromatic heterocycles. The monoisotopic (exact) mass is 233 g/mol. The van der Waals surface area contributed by atoms with Gasteiger partial charge in [0.15, 0.2) is 0 Å². The molecule has 1 saturated heterocycles. The number of hydrogen-bond acceptors (Lipinski definition) is 3. The lowest BCUT2D eigenvalue weighted by molar-refractivity contribution is 0.220. The molecule has 6 heteroatoms. The van der Waals surface area contributed by atoms with Gasteiger partial charge in [0.2, 0.25) is 0 Å². The Bertz CT molecular complexity index is 263. The van der Waals surface area contributed by atoms with Crippen molar-refractivity contribution in [3.8, 4) is 0 Å². The Labute approximate surface area is 92.8 Å². The summed E-state index contributed by atoms with van der Waals surface area (Å²) in [5.41, 5.74) is 5.36. The third kappa shape index (κ3) is 4.61. The van der Waals surface area contributed by atoms with Crippen LogP contribution in [0.2, 0.25) is 0 Å². The third-order valence-corrected chi connectivity index (χ3v) is 3.77. The van der Waals surface area contributed by atoms with Gasteiger partial charge >= 0.3 is 6.03 Å². The van der Waals surface area contributed by atoms with Crippen molar-refractivity contribution in [2.45, 2.75) is 19.4 Å². The number of carbonyl (C=O) groups is 1. The highest BCUT2D eigenvalue weighted by Gasteiger charge is 2.21. The van der Waals surface area contributed by atoms with Crippen molar-refractivity contribution < 1.29 is 9.00 Å². The molecule has 88 valence electrons. The maximum atomic E-state index is 11.6. The Morgan fingerprint density at radius 1 is 1.60 bits per heavy atom. The maximum Gasteiger partial charge on any atom is 0.317 e. The fraction of sp³-hybridized carbons (Fsp3) is 0.889. The predicted octanol–water partition coefficient (Wildman–Crippen LogP) is -0.502. The van der Waals surface area contributed by atoms with E-state index >= 15 is 0 Å². The Hall–Kier alpha value is -0.620. The maximum absolute atomic E-state index is 11.6. The molecule has 0 aromatic carbocycles. The van der Waals surface area contributed by atoms with E-state index in [-0.39, 0.29) is 6.03 Å². The minimum Gasteiger partial charge on any atom is -0.336 e. The average molecular weight is 233 g/mol. The first-order valence-electron chi connectivity index (χ1n) is 5.05. The van der Waals surface area contributed by atoms with Gasteiger partial charge in [-0.3, -0.25) is 4.21 Å². The summed E-state index contributed by atoms with van der Waals surface area (Å²) < 4.78 is 11.6. The smallest absolute Gasteiger partial charge is 0.317 e. The van der Waals surface area contributed by atoms with Gasteiger partial charge in [-0.25, -0.2) is 4.79 Å². The minimum absolute atomic E-state index is 0.0565. The molecule has 0 aromatic rings. The SMILES string of the molecule is CC(C)(N)CS(=O)CCN1CCNC1=O. The van der Waals surface area contributed by atoms with E-state index in [0.29, 0.717) is 31.1 Å². The standard InChI is InChI=1S/C9H19N3O2S/c1-9(2,10)7-15(14)6-5-12-4-3-11-8(12)13/h3-7,10H2,1-2H3,(H,11,13). The van der Waals surface area contributed by atoms with Crippen LogP contribution in [0, 0.1) is 0 Å². The minimum atomic E-state index is -0.947. The summed E-state index contributed by atoms with van der Waals surface area (Å²) in [5, 5.41) is 2.70. The highest BCUT2D eigenvalue weighted by molar-refractivity contribution is 7.85. The Balaban J connectivity index is 2.25. The van der Waals surface area contributed by atoms with Gasteiger partial charge in [0, 0.05) is 47.5 Å². The quantitative estimate of drug-likeness (QED) is 0.672. The average Bonchev–Trinajstić information content (AvgIpc) is 2.44. The van der Waals surface area contributed by atoms with Gasteiger partial charge in [-0.05, 0) is 13.8 Å². The molecular weight excluding hydrogens is 214 g/mol. The highest BCUT2D eigenvalue weighted by atomic mass is 32.2. The Morgan fingerprint density at radius 3 is 2.73 bits per heavy atom. The predicted molar refractivity (Wildman–Crippen MR) is 61.1 cm³/mol. The van der Waals surface area contributed by atoms with Crippen molar-refractivity contribution in [2.75, 3.05) is 31.1 Å². The summed E-state index contributed by atoms with van der Waals surface area (Å²) >= 11 is 0. The first-order chi connectivity index (χ1) is 6.88. The molecule has 1 unspecified atom stereocenters. The second kappa shape index (κ2) is 4.94. The van der Waals surface area contributed by atoms with Gasteiger partial charge in [-0.1, -0.05) is 0 Å². The van der Waals surface area contributed by atoms with Crippen molar-refractivity contribution in [1.82, 2.24) is 10.2 Å². The van der Waals surface area contributed by atoms with Crippen LogP contribution in [0.3, 0.4) is 0 Å². The normalized spacial score (nSPS) is 19.1. The first-order valence-corrected chi connectivity index (χ1v) is 6.54. The van der Waals surface area contributed by atoms with E-state index < -0.39 is 16.3 Å². The second-order valence-electron chi connectivity index (χ2n) is 4.50. The molecule has 0 bridgehead atoms. The lowest BCUT2D eigenvalue weighted by Crippen LogP contribution is -2.40. The van der Waals surface area contributed by atoms with Crippen LogP contribution in [0.5, 0.6) is 0 Å².